The smallest absolute Gasteiger partial charge is 0.161 e. The van der Waals surface area contributed by atoms with Crippen LogP contribution in [0.1, 0.15) is 31.4 Å². The lowest BCUT2D eigenvalue weighted by atomic mass is 10.1. The molecule has 4 nitrogen and oxygen atoms in total. The van der Waals surface area contributed by atoms with Gasteiger partial charge in [0, 0.05) is 12.6 Å². The van der Waals surface area contributed by atoms with Crippen LogP contribution in [0.2, 0.25) is 0 Å². The van der Waals surface area contributed by atoms with E-state index in [0.717, 1.165) is 36.6 Å². The minimum absolute atomic E-state index is 0.00212. The molecule has 1 aromatic carbocycles. The van der Waals surface area contributed by atoms with E-state index >= 15 is 0 Å². The summed E-state index contributed by atoms with van der Waals surface area (Å²) < 4.78 is 11.5. The van der Waals surface area contributed by atoms with Crippen molar-refractivity contribution in [3.05, 3.63) is 23.8 Å². The fourth-order valence-electron chi connectivity index (χ4n) is 2.46. The maximum Gasteiger partial charge on any atom is 0.161 e. The SMILES string of the molecule is COc1ccc(C(C)N)cc1OC1CCCN(C)C1. The first-order valence-electron chi connectivity index (χ1n) is 6.89. The molecular formula is C15H24N2O2. The molecule has 1 aliphatic heterocycles. The van der Waals surface area contributed by atoms with E-state index in [1.807, 2.05) is 25.1 Å². The van der Waals surface area contributed by atoms with Crippen LogP contribution in [0, 0.1) is 0 Å². The highest BCUT2D eigenvalue weighted by molar-refractivity contribution is 5.43. The maximum absolute atomic E-state index is 6.12. The second-order valence-electron chi connectivity index (χ2n) is 5.34. The van der Waals surface area contributed by atoms with Crippen LogP contribution in [-0.2, 0) is 0 Å². The van der Waals surface area contributed by atoms with E-state index in [4.69, 9.17) is 15.2 Å². The Morgan fingerprint density at radius 2 is 2.16 bits per heavy atom. The second-order valence-corrected chi connectivity index (χ2v) is 5.34. The molecule has 0 spiro atoms. The third-order valence-corrected chi connectivity index (χ3v) is 3.59. The molecule has 4 heteroatoms. The van der Waals surface area contributed by atoms with Crippen molar-refractivity contribution < 1.29 is 9.47 Å². The summed E-state index contributed by atoms with van der Waals surface area (Å²) in [5.41, 5.74) is 6.99. The van der Waals surface area contributed by atoms with E-state index < -0.39 is 0 Å². The van der Waals surface area contributed by atoms with Gasteiger partial charge in [-0.1, -0.05) is 6.07 Å². The summed E-state index contributed by atoms with van der Waals surface area (Å²) in [5, 5.41) is 0. The molecule has 0 aromatic heterocycles. The number of likely N-dealkylation sites (tertiary alicyclic amines) is 1. The predicted molar refractivity (Wildman–Crippen MR) is 76.7 cm³/mol. The Kier molecular flexibility index (Phi) is 4.66. The summed E-state index contributed by atoms with van der Waals surface area (Å²) in [7, 11) is 3.80. The van der Waals surface area contributed by atoms with Gasteiger partial charge >= 0.3 is 0 Å². The zero-order valence-corrected chi connectivity index (χ0v) is 12.1. The Morgan fingerprint density at radius 3 is 2.79 bits per heavy atom. The quantitative estimate of drug-likeness (QED) is 0.905. The van der Waals surface area contributed by atoms with Crippen molar-refractivity contribution in [3.8, 4) is 11.5 Å². The van der Waals surface area contributed by atoms with E-state index in [-0.39, 0.29) is 12.1 Å². The lowest BCUT2D eigenvalue weighted by Gasteiger charge is -2.30. The van der Waals surface area contributed by atoms with Crippen LogP contribution in [0.3, 0.4) is 0 Å². The normalized spacial score (nSPS) is 22.0. The van der Waals surface area contributed by atoms with Crippen molar-refractivity contribution in [2.24, 2.45) is 5.73 Å². The van der Waals surface area contributed by atoms with Crippen LogP contribution < -0.4 is 15.2 Å². The number of nitrogens with two attached hydrogens (primary N) is 1. The molecule has 1 saturated heterocycles. The van der Waals surface area contributed by atoms with Crippen molar-refractivity contribution in [2.45, 2.75) is 31.9 Å². The van der Waals surface area contributed by atoms with Crippen molar-refractivity contribution in [1.82, 2.24) is 4.90 Å². The van der Waals surface area contributed by atoms with Gasteiger partial charge in [-0.25, -0.2) is 0 Å². The molecule has 2 rings (SSSR count). The van der Waals surface area contributed by atoms with Gasteiger partial charge in [-0.2, -0.15) is 0 Å². The van der Waals surface area contributed by atoms with Gasteiger partial charge in [-0.15, -0.1) is 0 Å². The predicted octanol–water partition coefficient (Wildman–Crippen LogP) is 2.19. The van der Waals surface area contributed by atoms with Crippen LogP contribution >= 0.6 is 0 Å². The molecule has 1 heterocycles. The molecule has 0 aliphatic carbocycles. The molecule has 1 aliphatic rings. The second kappa shape index (κ2) is 6.26. The third-order valence-electron chi connectivity index (χ3n) is 3.59. The van der Waals surface area contributed by atoms with Gasteiger partial charge in [0.2, 0.25) is 0 Å². The van der Waals surface area contributed by atoms with Gasteiger partial charge in [-0.3, -0.25) is 0 Å². The maximum atomic E-state index is 6.12. The van der Waals surface area contributed by atoms with Crippen LogP contribution in [-0.4, -0.2) is 38.3 Å². The fraction of sp³-hybridized carbons (Fsp3) is 0.600. The van der Waals surface area contributed by atoms with Gasteiger partial charge in [0.05, 0.1) is 7.11 Å². The molecule has 0 bridgehead atoms. The highest BCUT2D eigenvalue weighted by atomic mass is 16.5. The topological polar surface area (TPSA) is 47.7 Å². The largest absolute Gasteiger partial charge is 0.493 e. The third kappa shape index (κ3) is 3.61. The van der Waals surface area contributed by atoms with Crippen molar-refractivity contribution >= 4 is 0 Å². The Labute approximate surface area is 115 Å². The minimum atomic E-state index is 0.00212. The zero-order chi connectivity index (χ0) is 13.8. The summed E-state index contributed by atoms with van der Waals surface area (Å²) in [5.74, 6) is 1.58. The Hall–Kier alpha value is -1.26. The number of nitrogens with zero attached hydrogens (tertiary/aromatic N) is 1. The van der Waals surface area contributed by atoms with E-state index in [0.29, 0.717) is 0 Å². The van der Waals surface area contributed by atoms with Gasteiger partial charge < -0.3 is 20.1 Å². The Morgan fingerprint density at radius 1 is 1.37 bits per heavy atom. The molecule has 0 amide bonds. The van der Waals surface area contributed by atoms with Gasteiger partial charge in [-0.05, 0) is 51.1 Å². The number of rotatable bonds is 4. The molecule has 0 radical (unpaired) electrons. The number of hydrogen-bond acceptors (Lipinski definition) is 4. The minimum Gasteiger partial charge on any atom is -0.493 e. The molecule has 2 atom stereocenters. The zero-order valence-electron chi connectivity index (χ0n) is 12.1. The van der Waals surface area contributed by atoms with E-state index in [2.05, 4.69) is 11.9 Å². The highest BCUT2D eigenvalue weighted by Crippen LogP contribution is 2.31. The van der Waals surface area contributed by atoms with Gasteiger partial charge in [0.15, 0.2) is 11.5 Å². The Bertz CT molecular complexity index is 421. The van der Waals surface area contributed by atoms with Gasteiger partial charge in [0.1, 0.15) is 6.10 Å². The van der Waals surface area contributed by atoms with Crippen LogP contribution in [0.25, 0.3) is 0 Å². The molecule has 1 fully saturated rings. The lowest BCUT2D eigenvalue weighted by Crippen LogP contribution is -2.38. The number of likely N-dealkylation sites (N-methyl/N-ethyl adjacent to an activating group) is 1. The molecule has 106 valence electrons. The summed E-state index contributed by atoms with van der Waals surface area (Å²) in [6, 6.07) is 5.92. The van der Waals surface area contributed by atoms with Gasteiger partial charge in [0.25, 0.3) is 0 Å². The first-order chi connectivity index (χ1) is 9.10. The first kappa shape index (κ1) is 14.2. The van der Waals surface area contributed by atoms with Crippen LogP contribution in [0.5, 0.6) is 11.5 Å². The van der Waals surface area contributed by atoms with Crippen molar-refractivity contribution in [1.29, 1.82) is 0 Å². The number of benzene rings is 1. The number of hydrogen-bond donors (Lipinski definition) is 1. The number of methoxy groups -OCH3 is 1. The monoisotopic (exact) mass is 264 g/mol. The molecule has 2 N–H and O–H groups in total. The highest BCUT2D eigenvalue weighted by Gasteiger charge is 2.20. The molecule has 19 heavy (non-hydrogen) atoms. The molecular weight excluding hydrogens is 240 g/mol. The van der Waals surface area contributed by atoms with E-state index in [1.165, 1.54) is 6.42 Å². The Balaban J connectivity index is 2.14. The summed E-state index contributed by atoms with van der Waals surface area (Å²) in [6.45, 7) is 4.09. The molecule has 1 aromatic rings. The summed E-state index contributed by atoms with van der Waals surface area (Å²) in [6.07, 6.45) is 2.50. The van der Waals surface area contributed by atoms with Crippen LogP contribution in [0.4, 0.5) is 0 Å². The number of ether oxygens (including phenoxy) is 2. The fourth-order valence-corrected chi connectivity index (χ4v) is 2.46. The average molecular weight is 264 g/mol. The van der Waals surface area contributed by atoms with Crippen LogP contribution in [0.15, 0.2) is 18.2 Å². The number of piperidine rings is 1. The average Bonchev–Trinajstić information content (AvgIpc) is 2.38. The molecule has 0 saturated carbocycles. The molecule has 2 unspecified atom stereocenters. The van der Waals surface area contributed by atoms with E-state index in [1.54, 1.807) is 7.11 Å². The van der Waals surface area contributed by atoms with Crippen molar-refractivity contribution in [2.75, 3.05) is 27.2 Å². The van der Waals surface area contributed by atoms with Crippen molar-refractivity contribution in [3.63, 3.8) is 0 Å². The summed E-state index contributed by atoms with van der Waals surface area (Å²) in [4.78, 5) is 2.30. The first-order valence-corrected chi connectivity index (χ1v) is 6.89. The van der Waals surface area contributed by atoms with E-state index in [9.17, 15) is 0 Å². The lowest BCUT2D eigenvalue weighted by molar-refractivity contribution is 0.101. The standard InChI is InChI=1S/C15H24N2O2/c1-11(16)12-6-7-14(18-3)15(9-12)19-13-5-4-8-17(2)10-13/h6-7,9,11,13H,4-5,8,10,16H2,1-3H3. The summed E-state index contributed by atoms with van der Waals surface area (Å²) >= 11 is 0.